The van der Waals surface area contributed by atoms with Crippen molar-refractivity contribution in [1.82, 2.24) is 0 Å². The molecule has 1 aliphatic rings. The molecule has 3 heteroatoms. The van der Waals surface area contributed by atoms with E-state index in [0.29, 0.717) is 5.75 Å². The van der Waals surface area contributed by atoms with E-state index in [4.69, 9.17) is 14.6 Å². The third kappa shape index (κ3) is 4.91. The smallest absolute Gasteiger partial charge is 0.161 e. The molecule has 0 heterocycles. The Hall–Kier alpha value is -1.22. The van der Waals surface area contributed by atoms with Gasteiger partial charge >= 0.3 is 0 Å². The average molecular weight is 306 g/mol. The first-order valence-electron chi connectivity index (χ1n) is 8.65. The van der Waals surface area contributed by atoms with Gasteiger partial charge in [-0.2, -0.15) is 0 Å². The zero-order valence-electron chi connectivity index (χ0n) is 14.0. The summed E-state index contributed by atoms with van der Waals surface area (Å²) in [7, 11) is 1.63. The van der Waals surface area contributed by atoms with Crippen LogP contribution in [0, 0.1) is 11.8 Å². The third-order valence-corrected chi connectivity index (χ3v) is 4.93. The summed E-state index contributed by atoms with van der Waals surface area (Å²) in [6, 6.07) is 5.59. The number of rotatable bonds is 8. The summed E-state index contributed by atoms with van der Waals surface area (Å²) < 4.78 is 11.2. The van der Waals surface area contributed by atoms with Crippen molar-refractivity contribution in [2.75, 3.05) is 13.7 Å². The second-order valence-corrected chi connectivity index (χ2v) is 6.51. The first kappa shape index (κ1) is 17.1. The number of methoxy groups -OCH3 is 1. The van der Waals surface area contributed by atoms with E-state index in [0.717, 1.165) is 36.2 Å². The SMILES string of the molecule is COc1cc(CO)ccc1OCCCC(C)C1CCCCC1. The second-order valence-electron chi connectivity index (χ2n) is 6.51. The van der Waals surface area contributed by atoms with E-state index in [-0.39, 0.29) is 6.61 Å². The van der Waals surface area contributed by atoms with Crippen molar-refractivity contribution < 1.29 is 14.6 Å². The van der Waals surface area contributed by atoms with Crippen molar-refractivity contribution in [3.05, 3.63) is 23.8 Å². The molecule has 1 fully saturated rings. The normalized spacial score (nSPS) is 17.2. The number of aliphatic hydroxyl groups excluding tert-OH is 1. The Bertz CT molecular complexity index is 438. The van der Waals surface area contributed by atoms with Crippen LogP contribution in [-0.4, -0.2) is 18.8 Å². The molecule has 2 rings (SSSR count). The minimum absolute atomic E-state index is 0.0234. The first-order valence-corrected chi connectivity index (χ1v) is 8.65. The fourth-order valence-electron chi connectivity index (χ4n) is 3.46. The van der Waals surface area contributed by atoms with Crippen molar-refractivity contribution in [3.8, 4) is 11.5 Å². The van der Waals surface area contributed by atoms with Crippen LogP contribution in [0.1, 0.15) is 57.4 Å². The van der Waals surface area contributed by atoms with Crippen LogP contribution in [0.2, 0.25) is 0 Å². The molecule has 22 heavy (non-hydrogen) atoms. The minimum atomic E-state index is 0.0234. The molecule has 0 amide bonds. The summed E-state index contributed by atoms with van der Waals surface area (Å²) in [6.45, 7) is 3.15. The van der Waals surface area contributed by atoms with Gasteiger partial charge in [-0.25, -0.2) is 0 Å². The van der Waals surface area contributed by atoms with Gasteiger partial charge in [-0.3, -0.25) is 0 Å². The summed E-state index contributed by atoms with van der Waals surface area (Å²) in [5.74, 6) is 3.20. The van der Waals surface area contributed by atoms with Crippen molar-refractivity contribution in [2.45, 2.75) is 58.5 Å². The molecule has 124 valence electrons. The van der Waals surface area contributed by atoms with Crippen LogP contribution in [0.3, 0.4) is 0 Å². The number of ether oxygens (including phenoxy) is 2. The van der Waals surface area contributed by atoms with E-state index in [1.165, 1.54) is 38.5 Å². The maximum atomic E-state index is 9.15. The van der Waals surface area contributed by atoms with Gasteiger partial charge in [0.15, 0.2) is 11.5 Å². The van der Waals surface area contributed by atoms with Crippen molar-refractivity contribution in [2.24, 2.45) is 11.8 Å². The fraction of sp³-hybridized carbons (Fsp3) is 0.684. The van der Waals surface area contributed by atoms with Crippen molar-refractivity contribution >= 4 is 0 Å². The second kappa shape index (κ2) is 9.04. The summed E-state index contributed by atoms with van der Waals surface area (Å²) in [5, 5.41) is 9.15. The van der Waals surface area contributed by atoms with Gasteiger partial charge in [0.25, 0.3) is 0 Å². The predicted molar refractivity (Wildman–Crippen MR) is 89.4 cm³/mol. The quantitative estimate of drug-likeness (QED) is 0.715. The molecule has 1 aromatic carbocycles. The van der Waals surface area contributed by atoms with Gasteiger partial charge in [0.2, 0.25) is 0 Å². The highest BCUT2D eigenvalue weighted by Gasteiger charge is 2.19. The van der Waals surface area contributed by atoms with Gasteiger partial charge in [-0.05, 0) is 42.4 Å². The predicted octanol–water partition coefficient (Wildman–Crippen LogP) is 4.56. The minimum Gasteiger partial charge on any atom is -0.493 e. The molecule has 1 unspecified atom stereocenters. The monoisotopic (exact) mass is 306 g/mol. The zero-order chi connectivity index (χ0) is 15.8. The van der Waals surface area contributed by atoms with Crippen LogP contribution in [0.4, 0.5) is 0 Å². The van der Waals surface area contributed by atoms with Gasteiger partial charge in [0, 0.05) is 0 Å². The van der Waals surface area contributed by atoms with E-state index in [1.54, 1.807) is 7.11 Å². The number of hydrogen-bond donors (Lipinski definition) is 1. The third-order valence-electron chi connectivity index (χ3n) is 4.93. The maximum absolute atomic E-state index is 9.15. The molecule has 0 bridgehead atoms. The van der Waals surface area contributed by atoms with Crippen LogP contribution >= 0.6 is 0 Å². The van der Waals surface area contributed by atoms with E-state index in [1.807, 2.05) is 18.2 Å². The lowest BCUT2D eigenvalue weighted by Gasteiger charge is -2.27. The number of benzene rings is 1. The summed E-state index contributed by atoms with van der Waals surface area (Å²) in [6.07, 6.45) is 9.41. The topological polar surface area (TPSA) is 38.7 Å². The molecule has 1 N–H and O–H groups in total. The summed E-state index contributed by atoms with van der Waals surface area (Å²) in [4.78, 5) is 0. The van der Waals surface area contributed by atoms with Gasteiger partial charge < -0.3 is 14.6 Å². The molecular formula is C19H30O3. The molecule has 1 atom stereocenters. The maximum Gasteiger partial charge on any atom is 0.161 e. The molecule has 0 spiro atoms. The highest BCUT2D eigenvalue weighted by atomic mass is 16.5. The van der Waals surface area contributed by atoms with Gasteiger partial charge in [-0.1, -0.05) is 45.1 Å². The highest BCUT2D eigenvalue weighted by Crippen LogP contribution is 2.32. The number of aliphatic hydroxyl groups is 1. The Morgan fingerprint density at radius 3 is 2.64 bits per heavy atom. The van der Waals surface area contributed by atoms with Crippen LogP contribution < -0.4 is 9.47 Å². The fourth-order valence-corrected chi connectivity index (χ4v) is 3.46. The first-order chi connectivity index (χ1) is 10.7. The Morgan fingerprint density at radius 2 is 1.95 bits per heavy atom. The van der Waals surface area contributed by atoms with Gasteiger partial charge in [0.1, 0.15) is 0 Å². The summed E-state index contributed by atoms with van der Waals surface area (Å²) in [5.41, 5.74) is 0.843. The average Bonchev–Trinajstić information content (AvgIpc) is 2.59. The molecule has 0 radical (unpaired) electrons. The Balaban J connectivity index is 1.74. The van der Waals surface area contributed by atoms with Crippen molar-refractivity contribution in [3.63, 3.8) is 0 Å². The molecule has 3 nitrogen and oxygen atoms in total. The highest BCUT2D eigenvalue weighted by molar-refractivity contribution is 5.42. The van der Waals surface area contributed by atoms with E-state index in [9.17, 15) is 0 Å². The van der Waals surface area contributed by atoms with E-state index < -0.39 is 0 Å². The molecule has 0 saturated heterocycles. The lowest BCUT2D eigenvalue weighted by molar-refractivity contribution is 0.225. The van der Waals surface area contributed by atoms with Crippen LogP contribution in [0.15, 0.2) is 18.2 Å². The van der Waals surface area contributed by atoms with Gasteiger partial charge in [-0.15, -0.1) is 0 Å². The largest absolute Gasteiger partial charge is 0.493 e. The number of hydrogen-bond acceptors (Lipinski definition) is 3. The molecule has 1 saturated carbocycles. The molecule has 0 aromatic heterocycles. The molecular weight excluding hydrogens is 276 g/mol. The lowest BCUT2D eigenvalue weighted by atomic mass is 9.79. The van der Waals surface area contributed by atoms with E-state index >= 15 is 0 Å². The molecule has 1 aromatic rings. The van der Waals surface area contributed by atoms with Gasteiger partial charge in [0.05, 0.1) is 20.3 Å². The Kier molecular flexibility index (Phi) is 7.04. The summed E-state index contributed by atoms with van der Waals surface area (Å²) >= 11 is 0. The zero-order valence-corrected chi connectivity index (χ0v) is 14.0. The lowest BCUT2D eigenvalue weighted by Crippen LogP contribution is -2.16. The Labute approximate surface area is 134 Å². The van der Waals surface area contributed by atoms with Crippen LogP contribution in [-0.2, 0) is 6.61 Å². The molecule has 1 aliphatic carbocycles. The standard InChI is InChI=1S/C19H30O3/c1-15(17-8-4-3-5-9-17)7-6-12-22-18-11-10-16(14-20)13-19(18)21-2/h10-11,13,15,17,20H,3-9,12,14H2,1-2H3. The molecule has 0 aliphatic heterocycles. The van der Waals surface area contributed by atoms with Crippen LogP contribution in [0.5, 0.6) is 11.5 Å². The van der Waals surface area contributed by atoms with Crippen LogP contribution in [0.25, 0.3) is 0 Å². The van der Waals surface area contributed by atoms with E-state index in [2.05, 4.69) is 6.92 Å². The Morgan fingerprint density at radius 1 is 1.18 bits per heavy atom. The van der Waals surface area contributed by atoms with Crippen molar-refractivity contribution in [1.29, 1.82) is 0 Å².